The third kappa shape index (κ3) is 4.24. The third-order valence-electron chi connectivity index (χ3n) is 3.21. The average Bonchev–Trinajstić information content (AvgIpc) is 3.04. The molecular formula is C17H14IN3O2S. The van der Waals surface area contributed by atoms with Crippen LogP contribution < -0.4 is 15.4 Å². The molecule has 24 heavy (non-hydrogen) atoms. The lowest BCUT2D eigenvalue weighted by Crippen LogP contribution is -2.19. The Labute approximate surface area is 157 Å². The number of ether oxygens (including phenoxy) is 1. The number of benzene rings is 2. The van der Waals surface area contributed by atoms with Gasteiger partial charge in [0.05, 0.1) is 12.8 Å². The number of nitrogens with zero attached hydrogens (tertiary/aromatic N) is 1. The number of thiazole rings is 1. The monoisotopic (exact) mass is 451 g/mol. The molecule has 1 heterocycles. The molecule has 0 fully saturated rings. The summed E-state index contributed by atoms with van der Waals surface area (Å²) in [5.41, 5.74) is 2.55. The van der Waals surface area contributed by atoms with Crippen LogP contribution in [0.4, 0.5) is 15.6 Å². The lowest BCUT2D eigenvalue weighted by molar-refractivity contribution is 0.262. The van der Waals surface area contributed by atoms with E-state index in [4.69, 9.17) is 4.74 Å². The van der Waals surface area contributed by atoms with Crippen LogP contribution in [0, 0.1) is 3.57 Å². The van der Waals surface area contributed by atoms with Crippen LogP contribution >= 0.6 is 33.9 Å². The minimum Gasteiger partial charge on any atom is -0.497 e. The van der Waals surface area contributed by atoms with Gasteiger partial charge in [-0.25, -0.2) is 9.78 Å². The van der Waals surface area contributed by atoms with E-state index >= 15 is 0 Å². The summed E-state index contributed by atoms with van der Waals surface area (Å²) in [4.78, 5) is 16.5. The second-order valence-corrected chi connectivity index (χ2v) is 6.96. The maximum Gasteiger partial charge on any atom is 0.325 e. The van der Waals surface area contributed by atoms with Gasteiger partial charge in [0.25, 0.3) is 0 Å². The molecule has 0 atom stereocenters. The van der Waals surface area contributed by atoms with Crippen molar-refractivity contribution in [2.24, 2.45) is 0 Å². The number of anilines is 2. The number of halogens is 1. The zero-order valence-corrected chi connectivity index (χ0v) is 15.7. The third-order valence-corrected chi connectivity index (χ3v) is 4.69. The summed E-state index contributed by atoms with van der Waals surface area (Å²) < 4.78 is 6.25. The molecule has 122 valence electrons. The first-order valence-electron chi connectivity index (χ1n) is 7.07. The van der Waals surface area contributed by atoms with Gasteiger partial charge in [-0.3, -0.25) is 5.32 Å². The maximum absolute atomic E-state index is 12.0. The Morgan fingerprint density at radius 3 is 2.46 bits per heavy atom. The SMILES string of the molecule is COc1ccc(NC(=O)Nc2nc(-c3ccc(I)cc3)cs2)cc1. The van der Waals surface area contributed by atoms with Gasteiger partial charge in [-0.05, 0) is 59.0 Å². The number of hydrogen-bond donors (Lipinski definition) is 2. The van der Waals surface area contributed by atoms with E-state index in [1.54, 1.807) is 31.4 Å². The molecule has 0 saturated carbocycles. The van der Waals surface area contributed by atoms with Gasteiger partial charge in [0.2, 0.25) is 0 Å². The molecule has 2 N–H and O–H groups in total. The molecule has 2 amide bonds. The summed E-state index contributed by atoms with van der Waals surface area (Å²) >= 11 is 3.65. The van der Waals surface area contributed by atoms with Gasteiger partial charge in [-0.1, -0.05) is 12.1 Å². The second-order valence-electron chi connectivity index (χ2n) is 4.85. The number of hydrogen-bond acceptors (Lipinski definition) is 4. The van der Waals surface area contributed by atoms with Gasteiger partial charge >= 0.3 is 6.03 Å². The minimum atomic E-state index is -0.330. The maximum atomic E-state index is 12.0. The number of amides is 2. The van der Waals surface area contributed by atoms with E-state index in [2.05, 4.69) is 38.2 Å². The van der Waals surface area contributed by atoms with Crippen LogP contribution in [0.3, 0.4) is 0 Å². The number of rotatable bonds is 4. The highest BCUT2D eigenvalue weighted by Crippen LogP contribution is 2.25. The molecule has 0 radical (unpaired) electrons. The van der Waals surface area contributed by atoms with Gasteiger partial charge in [-0.2, -0.15) is 0 Å². The molecule has 3 aromatic rings. The molecule has 3 rings (SSSR count). The first-order chi connectivity index (χ1) is 11.6. The fraction of sp³-hybridized carbons (Fsp3) is 0.0588. The van der Waals surface area contributed by atoms with Crippen molar-refractivity contribution in [1.82, 2.24) is 4.98 Å². The van der Waals surface area contributed by atoms with Crippen LogP contribution in [0.5, 0.6) is 5.75 Å². The smallest absolute Gasteiger partial charge is 0.325 e. The molecule has 1 aromatic heterocycles. The van der Waals surface area contributed by atoms with Crippen molar-refractivity contribution in [2.75, 3.05) is 17.7 Å². The molecule has 0 unspecified atom stereocenters. The zero-order valence-electron chi connectivity index (χ0n) is 12.7. The molecule has 0 aliphatic rings. The normalized spacial score (nSPS) is 10.2. The van der Waals surface area contributed by atoms with E-state index in [0.29, 0.717) is 10.8 Å². The Balaban J connectivity index is 1.63. The number of carbonyl (C=O) groups excluding carboxylic acids is 1. The number of carbonyl (C=O) groups is 1. The predicted molar refractivity (Wildman–Crippen MR) is 106 cm³/mol. The molecule has 7 heteroatoms. The van der Waals surface area contributed by atoms with Gasteiger partial charge in [0, 0.05) is 20.2 Å². The number of methoxy groups -OCH3 is 1. The Morgan fingerprint density at radius 2 is 1.79 bits per heavy atom. The van der Waals surface area contributed by atoms with E-state index in [1.165, 1.54) is 14.9 Å². The average molecular weight is 451 g/mol. The van der Waals surface area contributed by atoms with Gasteiger partial charge in [0.15, 0.2) is 5.13 Å². The predicted octanol–water partition coefficient (Wildman–Crippen LogP) is 5.07. The fourth-order valence-corrected chi connectivity index (χ4v) is 3.09. The van der Waals surface area contributed by atoms with Crippen LogP contribution in [0.15, 0.2) is 53.9 Å². The van der Waals surface area contributed by atoms with Crippen LogP contribution in [0.25, 0.3) is 11.3 Å². The Bertz CT molecular complexity index is 832. The Hall–Kier alpha value is -2.13. The van der Waals surface area contributed by atoms with E-state index < -0.39 is 0 Å². The summed E-state index contributed by atoms with van der Waals surface area (Å²) in [7, 11) is 1.60. The summed E-state index contributed by atoms with van der Waals surface area (Å²) in [6.45, 7) is 0. The minimum absolute atomic E-state index is 0.330. The summed E-state index contributed by atoms with van der Waals surface area (Å²) in [5.74, 6) is 0.739. The van der Waals surface area contributed by atoms with Gasteiger partial charge in [-0.15, -0.1) is 11.3 Å². The van der Waals surface area contributed by atoms with Crippen molar-refractivity contribution in [3.05, 3.63) is 57.5 Å². The Kier molecular flexibility index (Phi) is 5.31. The first kappa shape index (κ1) is 16.7. The number of urea groups is 1. The van der Waals surface area contributed by atoms with E-state index in [1.807, 2.05) is 29.6 Å². The Morgan fingerprint density at radius 1 is 1.08 bits per heavy atom. The van der Waals surface area contributed by atoms with E-state index in [9.17, 15) is 4.79 Å². The van der Waals surface area contributed by atoms with Crippen LogP contribution in [0.1, 0.15) is 0 Å². The number of aromatic nitrogens is 1. The molecule has 0 bridgehead atoms. The highest BCUT2D eigenvalue weighted by Gasteiger charge is 2.08. The first-order valence-corrected chi connectivity index (χ1v) is 9.03. The van der Waals surface area contributed by atoms with E-state index in [-0.39, 0.29) is 6.03 Å². The van der Waals surface area contributed by atoms with E-state index in [0.717, 1.165) is 17.0 Å². The standard InChI is InChI=1S/C17H14IN3O2S/c1-23-14-8-6-13(7-9-14)19-16(22)21-17-20-15(10-24-17)11-2-4-12(18)5-3-11/h2-10H,1H3,(H2,19,20,21,22). The molecule has 2 aromatic carbocycles. The van der Waals surface area contributed by atoms with Gasteiger partial charge < -0.3 is 10.1 Å². The van der Waals surface area contributed by atoms with Crippen LogP contribution in [0.2, 0.25) is 0 Å². The van der Waals surface area contributed by atoms with Crippen LogP contribution in [-0.2, 0) is 0 Å². The van der Waals surface area contributed by atoms with Crippen molar-refractivity contribution in [3.63, 3.8) is 0 Å². The molecule has 0 aliphatic carbocycles. The summed E-state index contributed by atoms with van der Waals surface area (Å²) in [6.07, 6.45) is 0. The summed E-state index contributed by atoms with van der Waals surface area (Å²) in [5, 5.41) is 7.98. The van der Waals surface area contributed by atoms with Gasteiger partial charge in [0.1, 0.15) is 5.75 Å². The molecule has 5 nitrogen and oxygen atoms in total. The molecule has 0 saturated heterocycles. The van der Waals surface area contributed by atoms with Crippen molar-refractivity contribution >= 4 is 50.8 Å². The molecule has 0 aliphatic heterocycles. The zero-order chi connectivity index (χ0) is 16.9. The van der Waals surface area contributed by atoms with Crippen LogP contribution in [-0.4, -0.2) is 18.1 Å². The second kappa shape index (κ2) is 7.63. The lowest BCUT2D eigenvalue weighted by Gasteiger charge is -2.06. The number of nitrogens with one attached hydrogen (secondary N) is 2. The quantitative estimate of drug-likeness (QED) is 0.545. The molecular weight excluding hydrogens is 437 g/mol. The van der Waals surface area contributed by atoms with Crippen molar-refractivity contribution in [2.45, 2.75) is 0 Å². The largest absolute Gasteiger partial charge is 0.497 e. The topological polar surface area (TPSA) is 63.2 Å². The highest BCUT2D eigenvalue weighted by atomic mass is 127. The highest BCUT2D eigenvalue weighted by molar-refractivity contribution is 14.1. The lowest BCUT2D eigenvalue weighted by atomic mass is 10.2. The van der Waals surface area contributed by atoms with Crippen molar-refractivity contribution in [1.29, 1.82) is 0 Å². The summed E-state index contributed by atoms with van der Waals surface area (Å²) in [6, 6.07) is 14.9. The molecule has 0 spiro atoms. The van der Waals surface area contributed by atoms with Crippen molar-refractivity contribution < 1.29 is 9.53 Å². The fourth-order valence-electron chi connectivity index (χ4n) is 2.02. The van der Waals surface area contributed by atoms with Crippen molar-refractivity contribution in [3.8, 4) is 17.0 Å².